The van der Waals surface area contributed by atoms with Crippen molar-refractivity contribution in [3.63, 3.8) is 0 Å². The second-order valence-corrected chi connectivity index (χ2v) is 10.4. The summed E-state index contributed by atoms with van der Waals surface area (Å²) in [5, 5.41) is 41.5. The fraction of sp³-hybridized carbons (Fsp3) is 0.406. The molecule has 2 aliphatic rings. The first-order valence-electron chi connectivity index (χ1n) is 14.2. The summed E-state index contributed by atoms with van der Waals surface area (Å²) in [6, 6.07) is 12.5. The summed E-state index contributed by atoms with van der Waals surface area (Å²) >= 11 is 0. The van der Waals surface area contributed by atoms with Crippen LogP contribution < -0.4 is 23.7 Å². The van der Waals surface area contributed by atoms with Crippen LogP contribution in [0.3, 0.4) is 0 Å². The SMILES string of the molecule is CCCCCCCOc1cc(O)c2c(c1)O[C@H](c1ccc3c(c1)OC(c1ccc(O)c(OC)c1)C(CO)O3)[C@@H](O)C2=O. The molecule has 2 unspecified atom stereocenters. The molecule has 224 valence electrons. The summed E-state index contributed by atoms with van der Waals surface area (Å²) in [6.45, 7) is 2.28. The molecule has 2 heterocycles. The third-order valence-corrected chi connectivity index (χ3v) is 7.51. The van der Waals surface area contributed by atoms with Crippen LogP contribution in [0.15, 0.2) is 48.5 Å². The molecular weight excluding hydrogens is 544 g/mol. The molecule has 4 N–H and O–H groups in total. The third-order valence-electron chi connectivity index (χ3n) is 7.51. The average Bonchev–Trinajstić information content (AvgIpc) is 2.99. The predicted molar refractivity (Wildman–Crippen MR) is 152 cm³/mol. The van der Waals surface area contributed by atoms with Gasteiger partial charge in [0, 0.05) is 17.7 Å². The number of carbonyl (C=O) groups is 1. The molecule has 0 aromatic heterocycles. The second-order valence-electron chi connectivity index (χ2n) is 10.4. The van der Waals surface area contributed by atoms with Gasteiger partial charge in [-0.3, -0.25) is 4.79 Å². The Hall–Kier alpha value is -4.15. The van der Waals surface area contributed by atoms with Gasteiger partial charge in [0.1, 0.15) is 22.8 Å². The van der Waals surface area contributed by atoms with Crippen molar-refractivity contribution in [2.45, 2.75) is 63.4 Å². The molecule has 0 aliphatic carbocycles. The van der Waals surface area contributed by atoms with Gasteiger partial charge in [-0.05, 0) is 36.2 Å². The van der Waals surface area contributed by atoms with Crippen LogP contribution in [0, 0.1) is 0 Å². The molecule has 42 heavy (non-hydrogen) atoms. The maximum absolute atomic E-state index is 13.1. The number of ether oxygens (including phenoxy) is 5. The number of benzene rings is 3. The highest BCUT2D eigenvalue weighted by molar-refractivity contribution is 6.05. The van der Waals surface area contributed by atoms with Crippen LogP contribution in [0.25, 0.3) is 0 Å². The standard InChI is InChI=1S/C32H36O10/c1-3-4-5-6-7-12-39-20-15-22(35)28-26(16-20)42-32(30(37)29(28)36)19-9-11-23-25(14-19)41-31(27(17-33)40-23)18-8-10-21(34)24(13-18)38-2/h8-11,13-16,27,30-35,37H,3-7,12,17H2,1-2H3/t27?,30-,31?,32+/m0/s1. The van der Waals surface area contributed by atoms with E-state index in [1.807, 2.05) is 0 Å². The molecule has 10 heteroatoms. The smallest absolute Gasteiger partial charge is 0.202 e. The van der Waals surface area contributed by atoms with Gasteiger partial charge in [0.15, 0.2) is 47.4 Å². The van der Waals surface area contributed by atoms with Gasteiger partial charge in [-0.15, -0.1) is 0 Å². The zero-order valence-corrected chi connectivity index (χ0v) is 23.6. The maximum atomic E-state index is 13.1. The quantitative estimate of drug-likeness (QED) is 0.229. The zero-order valence-electron chi connectivity index (χ0n) is 23.6. The van der Waals surface area contributed by atoms with Gasteiger partial charge in [-0.2, -0.15) is 0 Å². The molecule has 0 saturated carbocycles. The molecule has 10 nitrogen and oxygen atoms in total. The van der Waals surface area contributed by atoms with Crippen molar-refractivity contribution < 1.29 is 48.9 Å². The molecule has 0 radical (unpaired) electrons. The van der Waals surface area contributed by atoms with Crippen molar-refractivity contribution in [1.82, 2.24) is 0 Å². The summed E-state index contributed by atoms with van der Waals surface area (Å²) in [5.74, 6) is 0.368. The lowest BCUT2D eigenvalue weighted by Crippen LogP contribution is -2.37. The number of hydrogen-bond acceptors (Lipinski definition) is 10. The van der Waals surface area contributed by atoms with Crippen LogP contribution in [-0.4, -0.2) is 58.7 Å². The van der Waals surface area contributed by atoms with Crippen LogP contribution in [-0.2, 0) is 0 Å². The van der Waals surface area contributed by atoms with Gasteiger partial charge in [-0.1, -0.05) is 44.7 Å². The second kappa shape index (κ2) is 12.8. The number of aromatic hydroxyl groups is 2. The number of methoxy groups -OCH3 is 1. The molecule has 0 amide bonds. The summed E-state index contributed by atoms with van der Waals surface area (Å²) in [6.07, 6.45) is 1.20. The molecule has 0 bridgehead atoms. The van der Waals surface area contributed by atoms with Crippen molar-refractivity contribution in [3.8, 4) is 40.2 Å². The van der Waals surface area contributed by atoms with Gasteiger partial charge in [-0.25, -0.2) is 0 Å². The van der Waals surface area contributed by atoms with Crippen LogP contribution in [0.2, 0.25) is 0 Å². The molecule has 5 rings (SSSR count). The minimum Gasteiger partial charge on any atom is -0.507 e. The number of Topliss-reactive ketones (excluding diaryl/α,β-unsaturated/α-hetero) is 1. The Balaban J connectivity index is 1.38. The summed E-state index contributed by atoms with van der Waals surface area (Å²) in [5.41, 5.74) is 0.944. The first-order chi connectivity index (χ1) is 20.3. The lowest BCUT2D eigenvalue weighted by atomic mass is 9.92. The fourth-order valence-corrected chi connectivity index (χ4v) is 5.25. The van der Waals surface area contributed by atoms with E-state index in [0.717, 1.165) is 25.7 Å². The van der Waals surface area contributed by atoms with Gasteiger partial charge in [0.2, 0.25) is 5.78 Å². The first kappa shape index (κ1) is 29.3. The molecule has 0 fully saturated rings. The number of phenolic OH excluding ortho intramolecular Hbond substituents is 2. The Morgan fingerprint density at radius 1 is 0.810 bits per heavy atom. The third kappa shape index (κ3) is 5.91. The number of rotatable bonds is 11. The van der Waals surface area contributed by atoms with E-state index in [0.29, 0.717) is 35.0 Å². The highest BCUT2D eigenvalue weighted by Gasteiger charge is 2.40. The number of aliphatic hydroxyl groups excluding tert-OH is 2. The normalized spacial score (nSPS) is 20.9. The highest BCUT2D eigenvalue weighted by Crippen LogP contribution is 2.46. The van der Waals surface area contributed by atoms with E-state index in [9.17, 15) is 25.2 Å². The van der Waals surface area contributed by atoms with Crippen LogP contribution in [0.4, 0.5) is 0 Å². The summed E-state index contributed by atoms with van der Waals surface area (Å²) < 4.78 is 29.3. The number of phenols is 2. The number of carbonyl (C=O) groups excluding carboxylic acids is 1. The predicted octanol–water partition coefficient (Wildman–Crippen LogP) is 5.01. The maximum Gasteiger partial charge on any atom is 0.202 e. The van der Waals surface area contributed by atoms with E-state index < -0.39 is 30.2 Å². The average molecular weight is 581 g/mol. The van der Waals surface area contributed by atoms with Crippen molar-refractivity contribution in [2.24, 2.45) is 0 Å². The number of ketones is 1. The van der Waals surface area contributed by atoms with Gasteiger partial charge < -0.3 is 44.1 Å². The molecule has 3 aromatic carbocycles. The zero-order chi connectivity index (χ0) is 29.8. The summed E-state index contributed by atoms with van der Waals surface area (Å²) in [4.78, 5) is 13.1. The topological polar surface area (TPSA) is 144 Å². The molecule has 0 spiro atoms. The van der Waals surface area contributed by atoms with Crippen molar-refractivity contribution in [2.75, 3.05) is 20.3 Å². The van der Waals surface area contributed by atoms with E-state index >= 15 is 0 Å². The number of fused-ring (bicyclic) bond motifs is 2. The Morgan fingerprint density at radius 3 is 2.31 bits per heavy atom. The monoisotopic (exact) mass is 580 g/mol. The van der Waals surface area contributed by atoms with E-state index in [1.54, 1.807) is 36.4 Å². The molecule has 0 saturated heterocycles. The Morgan fingerprint density at radius 2 is 1.55 bits per heavy atom. The van der Waals surface area contributed by atoms with Gasteiger partial charge >= 0.3 is 0 Å². The minimum atomic E-state index is -1.58. The Bertz CT molecular complexity index is 1420. The Kier molecular flexibility index (Phi) is 8.94. The van der Waals surface area contributed by atoms with Crippen LogP contribution in [0.5, 0.6) is 40.2 Å². The number of hydrogen-bond donors (Lipinski definition) is 4. The van der Waals surface area contributed by atoms with E-state index in [2.05, 4.69) is 6.92 Å². The molecule has 4 atom stereocenters. The molecular formula is C32H36O10. The molecule has 3 aromatic rings. The van der Waals surface area contributed by atoms with Crippen molar-refractivity contribution in [3.05, 3.63) is 65.2 Å². The minimum absolute atomic E-state index is 0.0406. The van der Waals surface area contributed by atoms with Gasteiger partial charge in [0.25, 0.3) is 0 Å². The fourth-order valence-electron chi connectivity index (χ4n) is 5.25. The van der Waals surface area contributed by atoms with Crippen molar-refractivity contribution >= 4 is 5.78 Å². The van der Waals surface area contributed by atoms with Crippen molar-refractivity contribution in [1.29, 1.82) is 0 Å². The highest BCUT2D eigenvalue weighted by atomic mass is 16.6. The molecule has 2 aliphatic heterocycles. The number of unbranched alkanes of at least 4 members (excludes halogenated alkanes) is 4. The lowest BCUT2D eigenvalue weighted by molar-refractivity contribution is -0.0130. The van der Waals surface area contributed by atoms with E-state index in [4.69, 9.17) is 23.7 Å². The Labute approximate surface area is 244 Å². The lowest BCUT2D eigenvalue weighted by Gasteiger charge is -2.35. The largest absolute Gasteiger partial charge is 0.507 e. The van der Waals surface area contributed by atoms with E-state index in [1.165, 1.54) is 25.7 Å². The van der Waals surface area contributed by atoms with Gasteiger partial charge in [0.05, 0.1) is 20.3 Å². The first-order valence-corrected chi connectivity index (χ1v) is 14.2. The van der Waals surface area contributed by atoms with E-state index in [-0.39, 0.29) is 35.2 Å². The van der Waals surface area contributed by atoms with Crippen LogP contribution in [0.1, 0.15) is 72.7 Å². The number of aliphatic hydroxyl groups is 2. The van der Waals surface area contributed by atoms with Crippen LogP contribution >= 0.6 is 0 Å². The summed E-state index contributed by atoms with van der Waals surface area (Å²) in [7, 11) is 1.43.